The molecule has 0 bridgehead atoms. The number of fused-ring (bicyclic) bond motifs is 1. The molecule has 3 N–H and O–H groups in total. The van der Waals surface area contributed by atoms with E-state index in [1.807, 2.05) is 42.5 Å². The number of ether oxygens (including phenoxy) is 4. The maximum Gasteiger partial charge on any atom is 0.188 e. The van der Waals surface area contributed by atoms with Crippen molar-refractivity contribution in [1.82, 2.24) is 0 Å². The summed E-state index contributed by atoms with van der Waals surface area (Å²) in [4.78, 5) is 0. The Morgan fingerprint density at radius 3 is 2.34 bits per heavy atom. The second-order valence-corrected chi connectivity index (χ2v) is 9.26. The predicted molar refractivity (Wildman–Crippen MR) is 141 cm³/mol. The van der Waals surface area contributed by atoms with Crippen LogP contribution in [0, 0.1) is 0 Å². The minimum absolute atomic E-state index is 0.163. The third-order valence-electron chi connectivity index (χ3n) is 6.27. The third kappa shape index (κ3) is 4.85. The van der Waals surface area contributed by atoms with Gasteiger partial charge in [-0.05, 0) is 61.7 Å². The minimum Gasteiger partial charge on any atom is -0.496 e. The van der Waals surface area contributed by atoms with Crippen molar-refractivity contribution in [3.8, 4) is 28.4 Å². The number of nitrogens with two attached hydrogens (primary N) is 1. The van der Waals surface area contributed by atoms with Crippen LogP contribution < -0.4 is 25.3 Å². The largest absolute Gasteiger partial charge is 0.496 e. The molecule has 1 atom stereocenters. The van der Waals surface area contributed by atoms with Crippen LogP contribution in [0.1, 0.15) is 43.5 Å². The molecule has 0 spiro atoms. The highest BCUT2D eigenvalue weighted by Gasteiger charge is 2.30. The van der Waals surface area contributed by atoms with E-state index in [1.165, 1.54) is 5.57 Å². The Kier molecular flexibility index (Phi) is 7.05. The molecule has 0 aromatic heterocycles. The number of nitrogens with one attached hydrogen (secondary N) is 1. The van der Waals surface area contributed by atoms with Gasteiger partial charge in [0.1, 0.15) is 17.2 Å². The first-order valence-electron chi connectivity index (χ1n) is 11.6. The molecule has 0 aliphatic carbocycles. The average molecular weight is 475 g/mol. The molecule has 4 rings (SSSR count). The number of benzene rings is 3. The van der Waals surface area contributed by atoms with Crippen molar-refractivity contribution in [1.29, 1.82) is 0 Å². The lowest BCUT2D eigenvalue weighted by atomic mass is 9.81. The zero-order valence-electron chi connectivity index (χ0n) is 21.3. The van der Waals surface area contributed by atoms with E-state index in [0.717, 1.165) is 39.3 Å². The van der Waals surface area contributed by atoms with Crippen LogP contribution in [0.3, 0.4) is 0 Å². The van der Waals surface area contributed by atoms with E-state index in [4.69, 9.17) is 24.7 Å². The van der Waals surface area contributed by atoms with Gasteiger partial charge in [0.05, 0.1) is 25.8 Å². The van der Waals surface area contributed by atoms with E-state index in [-0.39, 0.29) is 12.3 Å². The van der Waals surface area contributed by atoms with Crippen LogP contribution in [-0.4, -0.2) is 33.7 Å². The summed E-state index contributed by atoms with van der Waals surface area (Å²) < 4.78 is 22.1. The second-order valence-electron chi connectivity index (χ2n) is 9.26. The summed E-state index contributed by atoms with van der Waals surface area (Å²) >= 11 is 0. The Labute approximate surface area is 207 Å². The van der Waals surface area contributed by atoms with E-state index in [2.05, 4.69) is 44.3 Å². The normalized spacial score (nSPS) is 14.9. The van der Waals surface area contributed by atoms with E-state index in [9.17, 15) is 0 Å². The van der Waals surface area contributed by atoms with Gasteiger partial charge in [0, 0.05) is 35.6 Å². The van der Waals surface area contributed by atoms with Gasteiger partial charge in [0.25, 0.3) is 0 Å². The van der Waals surface area contributed by atoms with Crippen molar-refractivity contribution < 1.29 is 18.9 Å². The van der Waals surface area contributed by atoms with E-state index in [0.29, 0.717) is 11.5 Å². The van der Waals surface area contributed by atoms with Crippen LogP contribution in [0.5, 0.6) is 17.2 Å². The van der Waals surface area contributed by atoms with E-state index >= 15 is 0 Å². The Morgan fingerprint density at radius 2 is 1.63 bits per heavy atom. The molecule has 3 aromatic carbocycles. The monoisotopic (exact) mass is 474 g/mol. The highest BCUT2D eigenvalue weighted by atomic mass is 16.7. The number of hydrogen-bond donors (Lipinski definition) is 2. The Hall–Kier alpha value is -3.48. The Bertz CT molecular complexity index is 1250. The van der Waals surface area contributed by atoms with Crippen LogP contribution in [0.4, 0.5) is 5.69 Å². The second kappa shape index (κ2) is 10.0. The standard InChI is InChI=1S/C29H34N2O4/c1-18-16-29(2,3)31-23-14-13-21(20-12-11-19(35-17-32-4)15-25(20)34-6)27(26(18)23)28(30)22-9-7-8-10-24(22)33-5/h7-16,28,31H,17,30H2,1-6H3. The Morgan fingerprint density at radius 1 is 0.914 bits per heavy atom. The van der Waals surface area contributed by atoms with Gasteiger partial charge in [0.2, 0.25) is 0 Å². The molecule has 6 nitrogen and oxygen atoms in total. The fourth-order valence-corrected chi connectivity index (χ4v) is 4.89. The molecule has 0 amide bonds. The van der Waals surface area contributed by atoms with Gasteiger partial charge in [-0.2, -0.15) is 0 Å². The Balaban J connectivity index is 1.97. The minimum atomic E-state index is -0.434. The summed E-state index contributed by atoms with van der Waals surface area (Å²) in [6, 6.07) is 17.5. The molecule has 0 saturated heterocycles. The van der Waals surface area contributed by atoms with Gasteiger partial charge in [-0.1, -0.05) is 30.3 Å². The molecule has 1 unspecified atom stereocenters. The fraction of sp³-hybridized carbons (Fsp3) is 0.310. The number of para-hydroxylation sites is 1. The predicted octanol–water partition coefficient (Wildman–Crippen LogP) is 6.01. The first-order valence-corrected chi connectivity index (χ1v) is 11.6. The lowest BCUT2D eigenvalue weighted by molar-refractivity contribution is 0.0510. The quantitative estimate of drug-likeness (QED) is 0.390. The molecule has 1 heterocycles. The van der Waals surface area contributed by atoms with Gasteiger partial charge in [-0.25, -0.2) is 0 Å². The number of rotatable bonds is 8. The molecule has 1 aliphatic heterocycles. The van der Waals surface area contributed by atoms with Gasteiger partial charge >= 0.3 is 0 Å². The SMILES string of the molecule is COCOc1ccc(-c2ccc3c(c2C(N)c2ccccc2OC)C(C)=CC(C)(C)N3)c(OC)c1. The summed E-state index contributed by atoms with van der Waals surface area (Å²) in [5, 5.41) is 3.65. The zero-order chi connectivity index (χ0) is 25.2. The summed E-state index contributed by atoms with van der Waals surface area (Å²) in [7, 11) is 4.92. The topological polar surface area (TPSA) is 75.0 Å². The molecule has 3 aromatic rings. The van der Waals surface area contributed by atoms with Crippen LogP contribution in [-0.2, 0) is 4.74 Å². The van der Waals surface area contributed by atoms with Gasteiger partial charge in [-0.3, -0.25) is 0 Å². The molecule has 0 radical (unpaired) electrons. The third-order valence-corrected chi connectivity index (χ3v) is 6.27. The van der Waals surface area contributed by atoms with Gasteiger partial charge in [-0.15, -0.1) is 0 Å². The zero-order valence-corrected chi connectivity index (χ0v) is 21.3. The highest BCUT2D eigenvalue weighted by molar-refractivity contribution is 5.89. The van der Waals surface area contributed by atoms with Crippen molar-refractivity contribution in [2.24, 2.45) is 5.73 Å². The van der Waals surface area contributed by atoms with E-state index < -0.39 is 6.04 Å². The summed E-state index contributed by atoms with van der Waals surface area (Å²) in [5.74, 6) is 2.11. The van der Waals surface area contributed by atoms with Gasteiger partial charge in [0.15, 0.2) is 6.79 Å². The van der Waals surface area contributed by atoms with Crippen molar-refractivity contribution >= 4 is 11.3 Å². The smallest absolute Gasteiger partial charge is 0.188 e. The molecule has 35 heavy (non-hydrogen) atoms. The van der Waals surface area contributed by atoms with Crippen LogP contribution in [0.25, 0.3) is 16.7 Å². The number of allylic oxidation sites excluding steroid dienone is 1. The van der Waals surface area contributed by atoms with Crippen molar-refractivity contribution in [3.05, 3.63) is 77.4 Å². The summed E-state index contributed by atoms with van der Waals surface area (Å²) in [5.41, 5.74) is 14.1. The number of methoxy groups -OCH3 is 3. The molecule has 1 aliphatic rings. The lowest BCUT2D eigenvalue weighted by Crippen LogP contribution is -2.32. The van der Waals surface area contributed by atoms with Gasteiger partial charge < -0.3 is 30.0 Å². The van der Waals surface area contributed by atoms with Crippen molar-refractivity contribution in [2.45, 2.75) is 32.4 Å². The first kappa shape index (κ1) is 24.6. The number of anilines is 1. The van der Waals surface area contributed by atoms with Crippen LogP contribution in [0.15, 0.2) is 60.7 Å². The maximum absolute atomic E-state index is 7.05. The molecular formula is C29H34N2O4. The molecular weight excluding hydrogens is 440 g/mol. The molecule has 0 fully saturated rings. The summed E-state index contributed by atoms with van der Waals surface area (Å²) in [6.45, 7) is 6.63. The highest BCUT2D eigenvalue weighted by Crippen LogP contribution is 2.46. The molecule has 0 saturated carbocycles. The maximum atomic E-state index is 7.05. The molecule has 6 heteroatoms. The lowest BCUT2D eigenvalue weighted by Gasteiger charge is -2.35. The fourth-order valence-electron chi connectivity index (χ4n) is 4.89. The van der Waals surface area contributed by atoms with Crippen LogP contribution in [0.2, 0.25) is 0 Å². The van der Waals surface area contributed by atoms with E-state index in [1.54, 1.807) is 21.3 Å². The van der Waals surface area contributed by atoms with Crippen LogP contribution >= 0.6 is 0 Å². The van der Waals surface area contributed by atoms with Crippen molar-refractivity contribution in [2.75, 3.05) is 33.4 Å². The first-order chi connectivity index (χ1) is 16.8. The number of hydrogen-bond acceptors (Lipinski definition) is 6. The summed E-state index contributed by atoms with van der Waals surface area (Å²) in [6.07, 6.45) is 2.25. The van der Waals surface area contributed by atoms with Crippen molar-refractivity contribution in [3.63, 3.8) is 0 Å². The average Bonchev–Trinajstić information content (AvgIpc) is 2.85. The molecule has 184 valence electrons.